The minimum atomic E-state index is 1.02. The van der Waals surface area contributed by atoms with E-state index in [-0.39, 0.29) is 0 Å². The van der Waals surface area contributed by atoms with E-state index in [1.807, 2.05) is 0 Å². The molecule has 0 unspecified atom stereocenters. The molecule has 0 saturated heterocycles. The molecule has 3 aromatic rings. The number of likely N-dealkylation sites (N-methyl/N-ethyl adjacent to an activating group) is 1. The van der Waals surface area contributed by atoms with Gasteiger partial charge in [-0.1, -0.05) is 42.0 Å². The lowest BCUT2D eigenvalue weighted by Crippen LogP contribution is -2.27. The standard InChI is InChI=1S/C21H22N2/c1-16-8-9-20-19(14-16)18-11-12-22(2)15-21(18)23(20)13-10-17-6-4-3-5-7-17/h3-10,13-14H,11-12,15H2,1-2H3. The summed E-state index contributed by atoms with van der Waals surface area (Å²) in [6.45, 7) is 4.34. The lowest BCUT2D eigenvalue weighted by atomic mass is 10.0. The van der Waals surface area contributed by atoms with E-state index in [1.54, 1.807) is 0 Å². The first-order valence-electron chi connectivity index (χ1n) is 8.26. The van der Waals surface area contributed by atoms with E-state index >= 15 is 0 Å². The minimum Gasteiger partial charge on any atom is -0.319 e. The molecule has 0 radical (unpaired) electrons. The summed E-state index contributed by atoms with van der Waals surface area (Å²) >= 11 is 0. The molecule has 1 aliphatic rings. The van der Waals surface area contributed by atoms with Crippen molar-refractivity contribution in [2.75, 3.05) is 13.6 Å². The van der Waals surface area contributed by atoms with Crippen molar-refractivity contribution < 1.29 is 0 Å². The maximum atomic E-state index is 2.40. The molecule has 0 fully saturated rings. The van der Waals surface area contributed by atoms with Gasteiger partial charge in [-0.3, -0.25) is 0 Å². The summed E-state index contributed by atoms with van der Waals surface area (Å²) in [6, 6.07) is 17.3. The van der Waals surface area contributed by atoms with Gasteiger partial charge in [-0.15, -0.1) is 0 Å². The molecule has 0 atom stereocenters. The fraction of sp³-hybridized carbons (Fsp3) is 0.238. The molecule has 116 valence electrons. The molecular weight excluding hydrogens is 280 g/mol. The maximum Gasteiger partial charge on any atom is 0.0528 e. The molecule has 2 heterocycles. The van der Waals surface area contributed by atoms with Gasteiger partial charge in [-0.2, -0.15) is 0 Å². The SMILES string of the molecule is Cc1ccc2c(c1)c1c(n2C=Cc2ccccc2)CN(C)CC1. The Hall–Kier alpha value is -2.32. The Kier molecular flexibility index (Phi) is 3.55. The summed E-state index contributed by atoms with van der Waals surface area (Å²) in [5.74, 6) is 0. The molecular formula is C21H22N2. The molecule has 0 saturated carbocycles. The number of hydrogen-bond acceptors (Lipinski definition) is 1. The van der Waals surface area contributed by atoms with Crippen LogP contribution in [0.2, 0.25) is 0 Å². The second kappa shape index (κ2) is 5.71. The zero-order valence-corrected chi connectivity index (χ0v) is 13.8. The number of aromatic nitrogens is 1. The summed E-state index contributed by atoms with van der Waals surface area (Å²) in [4.78, 5) is 2.40. The average Bonchev–Trinajstić information content (AvgIpc) is 2.86. The molecule has 0 bridgehead atoms. The van der Waals surface area contributed by atoms with Gasteiger partial charge in [0.25, 0.3) is 0 Å². The van der Waals surface area contributed by atoms with Gasteiger partial charge in [0.05, 0.1) is 5.52 Å². The molecule has 0 N–H and O–H groups in total. The fourth-order valence-corrected chi connectivity index (χ4v) is 3.53. The van der Waals surface area contributed by atoms with Crippen molar-refractivity contribution in [3.05, 3.63) is 70.9 Å². The van der Waals surface area contributed by atoms with Crippen molar-refractivity contribution in [3.8, 4) is 0 Å². The Morgan fingerprint density at radius 3 is 2.70 bits per heavy atom. The highest BCUT2D eigenvalue weighted by molar-refractivity contribution is 5.89. The van der Waals surface area contributed by atoms with E-state index in [4.69, 9.17) is 0 Å². The quantitative estimate of drug-likeness (QED) is 0.673. The number of rotatable bonds is 2. The molecule has 0 spiro atoms. The first-order chi connectivity index (χ1) is 11.2. The molecule has 0 aliphatic carbocycles. The van der Waals surface area contributed by atoms with Crippen LogP contribution in [-0.4, -0.2) is 23.1 Å². The number of hydrogen-bond donors (Lipinski definition) is 0. The second-order valence-electron chi connectivity index (χ2n) is 6.53. The predicted octanol–water partition coefficient (Wildman–Crippen LogP) is 4.57. The first kappa shape index (κ1) is 14.3. The van der Waals surface area contributed by atoms with Gasteiger partial charge >= 0.3 is 0 Å². The van der Waals surface area contributed by atoms with Crippen molar-refractivity contribution in [2.45, 2.75) is 19.9 Å². The number of benzene rings is 2. The third kappa shape index (κ3) is 2.60. The Morgan fingerprint density at radius 1 is 1.04 bits per heavy atom. The van der Waals surface area contributed by atoms with Crippen LogP contribution in [0.1, 0.15) is 22.4 Å². The number of aryl methyl sites for hydroxylation is 1. The minimum absolute atomic E-state index is 1.02. The van der Waals surface area contributed by atoms with Crippen LogP contribution in [0.5, 0.6) is 0 Å². The van der Waals surface area contributed by atoms with Crippen molar-refractivity contribution in [1.29, 1.82) is 0 Å². The van der Waals surface area contributed by atoms with Crippen LogP contribution < -0.4 is 0 Å². The van der Waals surface area contributed by atoms with Crippen LogP contribution in [0.25, 0.3) is 23.2 Å². The van der Waals surface area contributed by atoms with E-state index in [1.165, 1.54) is 33.3 Å². The fourth-order valence-electron chi connectivity index (χ4n) is 3.53. The predicted molar refractivity (Wildman–Crippen MR) is 98.4 cm³/mol. The van der Waals surface area contributed by atoms with Gasteiger partial charge in [0.15, 0.2) is 0 Å². The molecule has 2 aromatic carbocycles. The van der Waals surface area contributed by atoms with Crippen molar-refractivity contribution in [1.82, 2.24) is 9.47 Å². The van der Waals surface area contributed by atoms with E-state index in [0.29, 0.717) is 0 Å². The second-order valence-corrected chi connectivity index (χ2v) is 6.53. The monoisotopic (exact) mass is 302 g/mol. The Labute approximate surface area is 137 Å². The molecule has 4 rings (SSSR count). The third-order valence-corrected chi connectivity index (χ3v) is 4.75. The Morgan fingerprint density at radius 2 is 1.87 bits per heavy atom. The van der Waals surface area contributed by atoms with Gasteiger partial charge in [0.1, 0.15) is 0 Å². The highest BCUT2D eigenvalue weighted by atomic mass is 15.1. The highest BCUT2D eigenvalue weighted by Crippen LogP contribution is 2.31. The lowest BCUT2D eigenvalue weighted by Gasteiger charge is -2.23. The smallest absolute Gasteiger partial charge is 0.0528 e. The van der Waals surface area contributed by atoms with Gasteiger partial charge in [0, 0.05) is 30.4 Å². The summed E-state index contributed by atoms with van der Waals surface area (Å²) in [6.07, 6.45) is 5.57. The van der Waals surface area contributed by atoms with E-state index in [9.17, 15) is 0 Å². The van der Waals surface area contributed by atoms with Crippen LogP contribution >= 0.6 is 0 Å². The van der Waals surface area contributed by atoms with Crippen LogP contribution in [-0.2, 0) is 13.0 Å². The molecule has 0 amide bonds. The van der Waals surface area contributed by atoms with E-state index in [2.05, 4.69) is 84.2 Å². The number of fused-ring (bicyclic) bond motifs is 3. The summed E-state index contributed by atoms with van der Waals surface area (Å²) in [5, 5.41) is 1.42. The highest BCUT2D eigenvalue weighted by Gasteiger charge is 2.21. The topological polar surface area (TPSA) is 8.17 Å². The van der Waals surface area contributed by atoms with Gasteiger partial charge in [0.2, 0.25) is 0 Å². The van der Waals surface area contributed by atoms with Gasteiger partial charge in [-0.25, -0.2) is 0 Å². The zero-order valence-electron chi connectivity index (χ0n) is 13.8. The van der Waals surface area contributed by atoms with Crippen LogP contribution in [0, 0.1) is 6.92 Å². The van der Waals surface area contributed by atoms with Gasteiger partial charge < -0.3 is 9.47 Å². The maximum absolute atomic E-state index is 2.40. The Balaban J connectivity index is 1.88. The molecule has 23 heavy (non-hydrogen) atoms. The molecule has 1 aliphatic heterocycles. The number of nitrogens with zero attached hydrogens (tertiary/aromatic N) is 2. The van der Waals surface area contributed by atoms with Crippen LogP contribution in [0.15, 0.2) is 48.5 Å². The van der Waals surface area contributed by atoms with Crippen LogP contribution in [0.3, 0.4) is 0 Å². The van der Waals surface area contributed by atoms with Crippen molar-refractivity contribution in [2.24, 2.45) is 0 Å². The van der Waals surface area contributed by atoms with Crippen molar-refractivity contribution >= 4 is 23.2 Å². The van der Waals surface area contributed by atoms with Gasteiger partial charge in [-0.05, 0) is 49.7 Å². The summed E-state index contributed by atoms with van der Waals surface area (Å²) in [5.41, 5.74) is 6.86. The lowest BCUT2D eigenvalue weighted by molar-refractivity contribution is 0.308. The summed E-state index contributed by atoms with van der Waals surface area (Å²) < 4.78 is 2.38. The molecule has 1 aromatic heterocycles. The average molecular weight is 302 g/mol. The van der Waals surface area contributed by atoms with Crippen LogP contribution in [0.4, 0.5) is 0 Å². The van der Waals surface area contributed by atoms with E-state index in [0.717, 1.165) is 19.5 Å². The first-order valence-corrected chi connectivity index (χ1v) is 8.26. The largest absolute Gasteiger partial charge is 0.319 e. The zero-order chi connectivity index (χ0) is 15.8. The van der Waals surface area contributed by atoms with Crippen molar-refractivity contribution in [3.63, 3.8) is 0 Å². The summed E-state index contributed by atoms with van der Waals surface area (Å²) in [7, 11) is 2.21. The van der Waals surface area contributed by atoms with E-state index < -0.39 is 0 Å². The third-order valence-electron chi connectivity index (χ3n) is 4.75. The Bertz CT molecular complexity index is 872. The molecule has 2 nitrogen and oxygen atoms in total. The molecule has 2 heteroatoms. The normalized spacial score (nSPS) is 15.4.